The first-order chi connectivity index (χ1) is 7.13. The minimum Gasteiger partial charge on any atom is -0.330 e. The lowest BCUT2D eigenvalue weighted by Crippen LogP contribution is -2.35. The van der Waals surface area contributed by atoms with E-state index in [0.717, 1.165) is 12.5 Å². The quantitative estimate of drug-likeness (QED) is 0.732. The highest BCUT2D eigenvalue weighted by Gasteiger charge is 2.19. The lowest BCUT2D eigenvalue weighted by molar-refractivity contribution is 0.213. The Morgan fingerprint density at radius 2 is 1.87 bits per heavy atom. The van der Waals surface area contributed by atoms with Gasteiger partial charge in [-0.1, -0.05) is 26.7 Å². The van der Waals surface area contributed by atoms with Crippen LogP contribution in [0.5, 0.6) is 0 Å². The first-order valence-corrected chi connectivity index (χ1v) is 6.52. The van der Waals surface area contributed by atoms with Crippen LogP contribution >= 0.6 is 0 Å². The molecule has 0 aliphatic heterocycles. The average molecular weight is 212 g/mol. The van der Waals surface area contributed by atoms with E-state index >= 15 is 0 Å². The number of hydrogen-bond acceptors (Lipinski definition) is 2. The monoisotopic (exact) mass is 212 g/mol. The van der Waals surface area contributed by atoms with E-state index in [1.807, 2.05) is 0 Å². The third-order valence-corrected chi connectivity index (χ3v) is 3.84. The van der Waals surface area contributed by atoms with E-state index < -0.39 is 0 Å². The van der Waals surface area contributed by atoms with Crippen molar-refractivity contribution in [3.63, 3.8) is 0 Å². The van der Waals surface area contributed by atoms with Gasteiger partial charge in [0.2, 0.25) is 0 Å². The van der Waals surface area contributed by atoms with Gasteiger partial charge in [0.05, 0.1) is 0 Å². The van der Waals surface area contributed by atoms with Crippen molar-refractivity contribution in [2.75, 3.05) is 26.7 Å². The Morgan fingerprint density at radius 3 is 2.33 bits per heavy atom. The summed E-state index contributed by atoms with van der Waals surface area (Å²) in [5.41, 5.74) is 5.80. The summed E-state index contributed by atoms with van der Waals surface area (Å²) in [6.45, 7) is 7.84. The number of nitrogens with zero attached hydrogens (tertiary/aromatic N) is 1. The van der Waals surface area contributed by atoms with Crippen LogP contribution in [-0.2, 0) is 0 Å². The normalized spacial score (nSPS) is 20.4. The Balaban J connectivity index is 2.23. The van der Waals surface area contributed by atoms with E-state index in [0.29, 0.717) is 11.8 Å². The zero-order valence-electron chi connectivity index (χ0n) is 10.7. The second kappa shape index (κ2) is 6.49. The fourth-order valence-corrected chi connectivity index (χ4v) is 2.67. The summed E-state index contributed by atoms with van der Waals surface area (Å²) in [6.07, 6.45) is 5.78. The number of rotatable bonds is 6. The SMILES string of the molecule is CC(C)C(CN)CN(C)CC1CCCC1. The van der Waals surface area contributed by atoms with Crippen LogP contribution in [0.3, 0.4) is 0 Å². The minimum atomic E-state index is 0.663. The summed E-state index contributed by atoms with van der Waals surface area (Å²) in [5, 5.41) is 0. The fourth-order valence-electron chi connectivity index (χ4n) is 2.67. The number of hydrogen-bond donors (Lipinski definition) is 1. The highest BCUT2D eigenvalue weighted by atomic mass is 15.1. The van der Waals surface area contributed by atoms with E-state index in [9.17, 15) is 0 Å². The van der Waals surface area contributed by atoms with Crippen LogP contribution < -0.4 is 5.73 Å². The van der Waals surface area contributed by atoms with Crippen molar-refractivity contribution in [3.8, 4) is 0 Å². The highest BCUT2D eigenvalue weighted by molar-refractivity contribution is 4.73. The topological polar surface area (TPSA) is 29.3 Å². The highest BCUT2D eigenvalue weighted by Crippen LogP contribution is 2.25. The Kier molecular flexibility index (Phi) is 5.62. The third-order valence-electron chi connectivity index (χ3n) is 3.84. The molecule has 0 radical (unpaired) electrons. The zero-order chi connectivity index (χ0) is 11.3. The lowest BCUT2D eigenvalue weighted by atomic mass is 9.95. The summed E-state index contributed by atoms with van der Waals surface area (Å²) >= 11 is 0. The first-order valence-electron chi connectivity index (χ1n) is 6.52. The van der Waals surface area contributed by atoms with Crippen molar-refractivity contribution >= 4 is 0 Å². The summed E-state index contributed by atoms with van der Waals surface area (Å²) in [7, 11) is 2.25. The van der Waals surface area contributed by atoms with Gasteiger partial charge in [0.1, 0.15) is 0 Å². The standard InChI is InChI=1S/C13H28N2/c1-11(2)13(8-14)10-15(3)9-12-6-4-5-7-12/h11-13H,4-10,14H2,1-3H3. The van der Waals surface area contributed by atoms with Crippen LogP contribution in [0.15, 0.2) is 0 Å². The predicted molar refractivity (Wildman–Crippen MR) is 66.8 cm³/mol. The molecule has 0 heterocycles. The van der Waals surface area contributed by atoms with Gasteiger partial charge < -0.3 is 10.6 Å². The first kappa shape index (κ1) is 13.0. The summed E-state index contributed by atoms with van der Waals surface area (Å²) in [5.74, 6) is 2.33. The predicted octanol–water partition coefficient (Wildman–Crippen LogP) is 2.34. The second-order valence-corrected chi connectivity index (χ2v) is 5.61. The molecule has 2 heteroatoms. The van der Waals surface area contributed by atoms with Gasteiger partial charge in [-0.25, -0.2) is 0 Å². The van der Waals surface area contributed by atoms with Gasteiger partial charge in [-0.15, -0.1) is 0 Å². The second-order valence-electron chi connectivity index (χ2n) is 5.61. The van der Waals surface area contributed by atoms with Gasteiger partial charge in [-0.05, 0) is 44.2 Å². The average Bonchev–Trinajstić information content (AvgIpc) is 2.66. The van der Waals surface area contributed by atoms with Crippen molar-refractivity contribution in [1.82, 2.24) is 4.90 Å². The van der Waals surface area contributed by atoms with E-state index in [2.05, 4.69) is 25.8 Å². The lowest BCUT2D eigenvalue weighted by Gasteiger charge is -2.27. The van der Waals surface area contributed by atoms with Crippen molar-refractivity contribution in [2.45, 2.75) is 39.5 Å². The minimum absolute atomic E-state index is 0.663. The summed E-state index contributed by atoms with van der Waals surface area (Å²) in [4.78, 5) is 2.49. The molecule has 0 amide bonds. The van der Waals surface area contributed by atoms with E-state index in [-0.39, 0.29) is 0 Å². The van der Waals surface area contributed by atoms with Crippen LogP contribution in [0, 0.1) is 17.8 Å². The molecule has 90 valence electrons. The summed E-state index contributed by atoms with van der Waals surface area (Å²) < 4.78 is 0. The molecule has 0 saturated heterocycles. The van der Waals surface area contributed by atoms with Gasteiger partial charge in [0.15, 0.2) is 0 Å². The molecule has 0 bridgehead atoms. The summed E-state index contributed by atoms with van der Waals surface area (Å²) in [6, 6.07) is 0. The van der Waals surface area contributed by atoms with Gasteiger partial charge >= 0.3 is 0 Å². The van der Waals surface area contributed by atoms with Crippen LogP contribution in [0.2, 0.25) is 0 Å². The van der Waals surface area contributed by atoms with Crippen molar-refractivity contribution < 1.29 is 0 Å². The molecule has 1 fully saturated rings. The maximum atomic E-state index is 5.80. The maximum absolute atomic E-state index is 5.80. The van der Waals surface area contributed by atoms with E-state index in [1.165, 1.54) is 38.8 Å². The Morgan fingerprint density at radius 1 is 1.27 bits per heavy atom. The van der Waals surface area contributed by atoms with Crippen molar-refractivity contribution in [3.05, 3.63) is 0 Å². The molecule has 2 nitrogen and oxygen atoms in total. The Hall–Kier alpha value is -0.0800. The molecule has 2 N–H and O–H groups in total. The molecule has 0 aromatic rings. The van der Waals surface area contributed by atoms with Crippen LogP contribution in [0.4, 0.5) is 0 Å². The molecule has 1 aliphatic rings. The van der Waals surface area contributed by atoms with Crippen LogP contribution in [-0.4, -0.2) is 31.6 Å². The smallest absolute Gasteiger partial charge is 0.00212 e. The largest absolute Gasteiger partial charge is 0.330 e. The Labute approximate surface area is 95.2 Å². The van der Waals surface area contributed by atoms with Gasteiger partial charge in [0.25, 0.3) is 0 Å². The molecular formula is C13H28N2. The maximum Gasteiger partial charge on any atom is 0.00212 e. The molecule has 1 atom stereocenters. The molecule has 0 aromatic heterocycles. The molecule has 1 aliphatic carbocycles. The third kappa shape index (κ3) is 4.52. The molecule has 1 rings (SSSR count). The van der Waals surface area contributed by atoms with Gasteiger partial charge in [0, 0.05) is 13.1 Å². The van der Waals surface area contributed by atoms with Crippen LogP contribution in [0.1, 0.15) is 39.5 Å². The zero-order valence-corrected chi connectivity index (χ0v) is 10.7. The van der Waals surface area contributed by atoms with Gasteiger partial charge in [-0.3, -0.25) is 0 Å². The molecule has 0 spiro atoms. The van der Waals surface area contributed by atoms with Crippen molar-refractivity contribution in [1.29, 1.82) is 0 Å². The molecule has 1 unspecified atom stereocenters. The molecule has 15 heavy (non-hydrogen) atoms. The molecule has 1 saturated carbocycles. The van der Waals surface area contributed by atoms with Gasteiger partial charge in [-0.2, -0.15) is 0 Å². The molecular weight excluding hydrogens is 184 g/mol. The van der Waals surface area contributed by atoms with Crippen LogP contribution in [0.25, 0.3) is 0 Å². The van der Waals surface area contributed by atoms with E-state index in [1.54, 1.807) is 0 Å². The Bertz CT molecular complexity index is 162. The number of nitrogens with two attached hydrogens (primary N) is 1. The fraction of sp³-hybridized carbons (Fsp3) is 1.00. The van der Waals surface area contributed by atoms with Crippen molar-refractivity contribution in [2.24, 2.45) is 23.5 Å². The molecule has 0 aromatic carbocycles. The van der Waals surface area contributed by atoms with E-state index in [4.69, 9.17) is 5.73 Å².